The van der Waals surface area contributed by atoms with Gasteiger partial charge in [0.25, 0.3) is 0 Å². The molecule has 0 heterocycles. The van der Waals surface area contributed by atoms with Gasteiger partial charge in [0.05, 0.1) is 15.6 Å². The highest BCUT2D eigenvalue weighted by Gasteiger charge is 2.30. The Balaban J connectivity index is 4.01. The van der Waals surface area contributed by atoms with Gasteiger partial charge in [0.2, 0.25) is 0 Å². The maximum absolute atomic E-state index is 5.17. The van der Waals surface area contributed by atoms with Gasteiger partial charge in [0, 0.05) is 21.3 Å². The summed E-state index contributed by atoms with van der Waals surface area (Å²) in [7, 11) is 5.26. The zero-order valence-corrected chi connectivity index (χ0v) is 10.0. The molecule has 4 nitrogen and oxygen atoms in total. The summed E-state index contributed by atoms with van der Waals surface area (Å²) in [5.74, 6) is -1.10. The highest BCUT2D eigenvalue weighted by atomic mass is 28.1. The predicted octanol–water partition coefficient (Wildman–Crippen LogP) is -0.567. The minimum atomic E-state index is -1.10. The zero-order chi connectivity index (χ0) is 9.61. The van der Waals surface area contributed by atoms with E-state index in [9.17, 15) is 0 Å². The minimum Gasteiger partial charge on any atom is -0.496 e. The smallest absolute Gasteiger partial charge is 0.318 e. The SMILES string of the molecule is C=C([SiH3])OCC(OC)(OC)OC. The van der Waals surface area contributed by atoms with Gasteiger partial charge in [-0.1, -0.05) is 6.58 Å². The van der Waals surface area contributed by atoms with E-state index in [1.807, 2.05) is 0 Å². The van der Waals surface area contributed by atoms with E-state index in [1.54, 1.807) is 0 Å². The van der Waals surface area contributed by atoms with Crippen molar-refractivity contribution < 1.29 is 18.9 Å². The van der Waals surface area contributed by atoms with Gasteiger partial charge in [-0.15, -0.1) is 0 Å². The Morgan fingerprint density at radius 1 is 1.25 bits per heavy atom. The molecule has 12 heavy (non-hydrogen) atoms. The summed E-state index contributed by atoms with van der Waals surface area (Å²) < 4.78 is 20.1. The van der Waals surface area contributed by atoms with Gasteiger partial charge in [-0.05, 0) is 0 Å². The van der Waals surface area contributed by atoms with Crippen LogP contribution in [0.5, 0.6) is 0 Å². The van der Waals surface area contributed by atoms with Crippen molar-refractivity contribution in [1.82, 2.24) is 0 Å². The second kappa shape index (κ2) is 5.31. The third-order valence-electron chi connectivity index (χ3n) is 1.43. The third kappa shape index (κ3) is 3.36. The minimum absolute atomic E-state index is 0.193. The predicted molar refractivity (Wildman–Crippen MR) is 48.8 cm³/mol. The Morgan fingerprint density at radius 3 is 1.92 bits per heavy atom. The lowest BCUT2D eigenvalue weighted by Gasteiger charge is -2.28. The van der Waals surface area contributed by atoms with E-state index in [-0.39, 0.29) is 6.61 Å². The zero-order valence-electron chi connectivity index (χ0n) is 8.05. The molecule has 0 saturated heterocycles. The lowest BCUT2D eigenvalue weighted by atomic mass is 10.6. The molecule has 0 fully saturated rings. The maximum Gasteiger partial charge on any atom is 0.318 e. The second-order valence-electron chi connectivity index (χ2n) is 2.29. The summed E-state index contributed by atoms with van der Waals surface area (Å²) in [5, 5.41) is 0.727. The Bertz CT molecular complexity index is 136. The molecular weight excluding hydrogens is 176 g/mol. The molecule has 0 aromatic rings. The van der Waals surface area contributed by atoms with Gasteiger partial charge < -0.3 is 18.9 Å². The van der Waals surface area contributed by atoms with Crippen molar-refractivity contribution in [3.63, 3.8) is 0 Å². The van der Waals surface area contributed by atoms with Gasteiger partial charge in [-0.25, -0.2) is 0 Å². The maximum atomic E-state index is 5.17. The van der Waals surface area contributed by atoms with E-state index in [0.29, 0.717) is 0 Å². The molecule has 0 atom stereocenters. The first-order chi connectivity index (χ1) is 5.60. The van der Waals surface area contributed by atoms with Crippen LogP contribution in [-0.4, -0.2) is 44.2 Å². The summed E-state index contributed by atoms with van der Waals surface area (Å²) in [4.78, 5) is 0. The quantitative estimate of drug-likeness (QED) is 0.321. The number of hydrogen-bond acceptors (Lipinski definition) is 4. The summed E-state index contributed by atoms with van der Waals surface area (Å²) >= 11 is 0. The number of hydrogen-bond donors (Lipinski definition) is 0. The molecule has 0 aliphatic carbocycles. The van der Waals surface area contributed by atoms with Crippen LogP contribution in [-0.2, 0) is 18.9 Å². The third-order valence-corrected chi connectivity index (χ3v) is 1.72. The number of ether oxygens (including phenoxy) is 4. The average molecular weight is 192 g/mol. The molecular formula is C7H16O4Si. The fourth-order valence-electron chi connectivity index (χ4n) is 0.638. The molecule has 0 amide bonds. The summed E-state index contributed by atoms with van der Waals surface area (Å²) in [6.07, 6.45) is 0. The molecule has 0 rings (SSSR count). The van der Waals surface area contributed by atoms with Crippen LogP contribution in [0.2, 0.25) is 0 Å². The Labute approximate surface area is 75.9 Å². The molecule has 5 heteroatoms. The van der Waals surface area contributed by atoms with Crippen molar-refractivity contribution in [3.05, 3.63) is 12.0 Å². The number of methoxy groups -OCH3 is 3. The van der Waals surface area contributed by atoms with E-state index >= 15 is 0 Å². The molecule has 72 valence electrons. The second-order valence-corrected chi connectivity index (χ2v) is 3.40. The van der Waals surface area contributed by atoms with Gasteiger partial charge in [-0.2, -0.15) is 0 Å². The first kappa shape index (κ1) is 11.6. The van der Waals surface area contributed by atoms with Gasteiger partial charge in [-0.3, -0.25) is 0 Å². The van der Waals surface area contributed by atoms with Crippen LogP contribution in [0.1, 0.15) is 0 Å². The standard InChI is InChI=1S/C7H16O4Si/c1-6(12)11-5-7(8-2,9-3)10-4/h1,5H2,2-4,12H3. The van der Waals surface area contributed by atoms with Gasteiger partial charge in [0.1, 0.15) is 0 Å². The summed E-state index contributed by atoms with van der Waals surface area (Å²) in [6, 6.07) is 0. The van der Waals surface area contributed by atoms with Crippen LogP contribution in [0.4, 0.5) is 0 Å². The fourth-order valence-corrected chi connectivity index (χ4v) is 0.783. The highest BCUT2D eigenvalue weighted by molar-refractivity contribution is 6.19. The van der Waals surface area contributed by atoms with E-state index in [2.05, 4.69) is 6.58 Å². The average Bonchev–Trinajstić information content (AvgIpc) is 2.08. The molecule has 0 aliphatic heterocycles. The summed E-state index contributed by atoms with van der Waals surface area (Å²) in [6.45, 7) is 3.83. The lowest BCUT2D eigenvalue weighted by molar-refractivity contribution is -0.364. The first-order valence-corrected chi connectivity index (χ1v) is 4.54. The molecule has 0 N–H and O–H groups in total. The van der Waals surface area contributed by atoms with Crippen molar-refractivity contribution in [3.8, 4) is 0 Å². The fraction of sp³-hybridized carbons (Fsp3) is 0.714. The highest BCUT2D eigenvalue weighted by Crippen LogP contribution is 2.13. The normalized spacial score (nSPS) is 11.6. The Kier molecular flexibility index (Phi) is 5.15. The van der Waals surface area contributed by atoms with Crippen LogP contribution in [0.25, 0.3) is 0 Å². The Hall–Kier alpha value is -0.363. The van der Waals surface area contributed by atoms with Gasteiger partial charge in [0.15, 0.2) is 6.61 Å². The van der Waals surface area contributed by atoms with E-state index < -0.39 is 5.97 Å². The van der Waals surface area contributed by atoms with Crippen molar-refractivity contribution in [1.29, 1.82) is 0 Å². The van der Waals surface area contributed by atoms with Crippen molar-refractivity contribution in [2.45, 2.75) is 5.97 Å². The van der Waals surface area contributed by atoms with E-state index in [1.165, 1.54) is 21.3 Å². The monoisotopic (exact) mass is 192 g/mol. The van der Waals surface area contributed by atoms with Gasteiger partial charge >= 0.3 is 5.97 Å². The van der Waals surface area contributed by atoms with Crippen LogP contribution in [0.15, 0.2) is 12.0 Å². The van der Waals surface area contributed by atoms with E-state index in [4.69, 9.17) is 18.9 Å². The Morgan fingerprint density at radius 2 is 1.67 bits per heavy atom. The molecule has 0 bridgehead atoms. The van der Waals surface area contributed by atoms with Crippen molar-refractivity contribution >= 4 is 10.2 Å². The van der Waals surface area contributed by atoms with E-state index in [0.717, 1.165) is 15.6 Å². The molecule has 0 aliphatic rings. The van der Waals surface area contributed by atoms with Crippen molar-refractivity contribution in [2.75, 3.05) is 27.9 Å². The van der Waals surface area contributed by atoms with Crippen LogP contribution >= 0.6 is 0 Å². The van der Waals surface area contributed by atoms with Crippen LogP contribution < -0.4 is 0 Å². The largest absolute Gasteiger partial charge is 0.496 e. The number of rotatable bonds is 6. The van der Waals surface area contributed by atoms with Crippen LogP contribution in [0, 0.1) is 0 Å². The molecule has 0 saturated carbocycles. The molecule has 0 unspecified atom stereocenters. The molecule has 0 spiro atoms. The lowest BCUT2D eigenvalue weighted by Crippen LogP contribution is -2.40. The first-order valence-electron chi connectivity index (χ1n) is 3.54. The van der Waals surface area contributed by atoms with Crippen LogP contribution in [0.3, 0.4) is 0 Å². The molecule has 0 aromatic heterocycles. The molecule has 0 aromatic carbocycles. The summed E-state index contributed by atoms with van der Waals surface area (Å²) in [5.41, 5.74) is 0. The topological polar surface area (TPSA) is 36.9 Å². The molecule has 0 radical (unpaired) electrons. The van der Waals surface area contributed by atoms with Crippen molar-refractivity contribution in [2.24, 2.45) is 0 Å².